The van der Waals surface area contributed by atoms with Gasteiger partial charge in [0.25, 0.3) is 0 Å². The molecule has 1 atom stereocenters. The number of aromatic nitrogens is 1. The van der Waals surface area contributed by atoms with Crippen molar-refractivity contribution < 1.29 is 18.0 Å². The van der Waals surface area contributed by atoms with E-state index in [1.807, 2.05) is 29.2 Å². The highest BCUT2D eigenvalue weighted by molar-refractivity contribution is 9.10. The molecule has 2 aromatic rings. The summed E-state index contributed by atoms with van der Waals surface area (Å²) in [7, 11) is 0. The van der Waals surface area contributed by atoms with E-state index in [-0.39, 0.29) is 11.7 Å². The van der Waals surface area contributed by atoms with Gasteiger partial charge >= 0.3 is 6.18 Å². The second kappa shape index (κ2) is 7.78. The first-order chi connectivity index (χ1) is 12.3. The number of hydrogen-bond donors (Lipinski definition) is 0. The van der Waals surface area contributed by atoms with Crippen LogP contribution in [-0.2, 0) is 17.4 Å². The molecule has 1 aliphatic heterocycles. The lowest BCUT2D eigenvalue weighted by atomic mass is 9.98. The average molecular weight is 427 g/mol. The Morgan fingerprint density at radius 2 is 2.00 bits per heavy atom. The molecule has 1 aromatic heterocycles. The predicted octanol–water partition coefficient (Wildman–Crippen LogP) is 4.89. The molecule has 1 saturated heterocycles. The summed E-state index contributed by atoms with van der Waals surface area (Å²) in [6.07, 6.45) is -1.82. The van der Waals surface area contributed by atoms with Gasteiger partial charge in [0.1, 0.15) is 11.6 Å². The molecule has 138 valence electrons. The van der Waals surface area contributed by atoms with Crippen LogP contribution in [0.25, 0.3) is 0 Å². The van der Waals surface area contributed by atoms with Crippen molar-refractivity contribution in [2.75, 3.05) is 18.0 Å². The number of Topliss-reactive ketones (excluding diaryl/α,β-unsaturated/α-hetero) is 1. The monoisotopic (exact) mass is 426 g/mol. The number of alkyl halides is 3. The van der Waals surface area contributed by atoms with E-state index in [1.165, 1.54) is 6.07 Å². The van der Waals surface area contributed by atoms with Crippen molar-refractivity contribution in [2.45, 2.75) is 25.4 Å². The van der Waals surface area contributed by atoms with Gasteiger partial charge in [0.2, 0.25) is 0 Å². The molecule has 1 fully saturated rings. The van der Waals surface area contributed by atoms with Crippen LogP contribution in [0.1, 0.15) is 24.0 Å². The van der Waals surface area contributed by atoms with E-state index in [4.69, 9.17) is 0 Å². The first-order valence-electron chi connectivity index (χ1n) is 8.36. The van der Waals surface area contributed by atoms with Gasteiger partial charge in [0.05, 0.1) is 5.56 Å². The lowest BCUT2D eigenvalue weighted by Crippen LogP contribution is -2.22. The van der Waals surface area contributed by atoms with Crippen molar-refractivity contribution in [1.82, 2.24) is 4.98 Å². The Kier molecular flexibility index (Phi) is 5.65. The van der Waals surface area contributed by atoms with Gasteiger partial charge in [-0.05, 0) is 36.1 Å². The summed E-state index contributed by atoms with van der Waals surface area (Å²) in [5.74, 6) is 0.900. The summed E-state index contributed by atoms with van der Waals surface area (Å²) in [5.41, 5.74) is 0.220. The number of rotatable bonds is 5. The van der Waals surface area contributed by atoms with Crippen LogP contribution in [0, 0.1) is 5.92 Å². The maximum Gasteiger partial charge on any atom is 0.417 e. The van der Waals surface area contributed by atoms with Crippen LogP contribution >= 0.6 is 15.9 Å². The quantitative estimate of drug-likeness (QED) is 0.682. The number of anilines is 1. The zero-order valence-electron chi connectivity index (χ0n) is 14.0. The third-order valence-corrected chi connectivity index (χ3v) is 5.32. The minimum Gasteiger partial charge on any atom is -0.356 e. The maximum atomic E-state index is 12.6. The maximum absolute atomic E-state index is 12.6. The molecule has 0 radical (unpaired) electrons. The van der Waals surface area contributed by atoms with E-state index in [0.29, 0.717) is 31.7 Å². The van der Waals surface area contributed by atoms with Crippen molar-refractivity contribution in [2.24, 2.45) is 5.92 Å². The van der Waals surface area contributed by atoms with E-state index >= 15 is 0 Å². The molecule has 0 bridgehead atoms. The molecule has 0 unspecified atom stereocenters. The summed E-state index contributed by atoms with van der Waals surface area (Å²) >= 11 is 3.45. The predicted molar refractivity (Wildman–Crippen MR) is 97.0 cm³/mol. The van der Waals surface area contributed by atoms with Crippen LogP contribution in [0.2, 0.25) is 0 Å². The molecule has 0 spiro atoms. The third kappa shape index (κ3) is 4.63. The first kappa shape index (κ1) is 18.9. The molecule has 26 heavy (non-hydrogen) atoms. The van der Waals surface area contributed by atoms with Crippen molar-refractivity contribution in [3.63, 3.8) is 0 Å². The molecule has 1 aliphatic rings. The van der Waals surface area contributed by atoms with E-state index < -0.39 is 11.7 Å². The normalized spacial score (nSPS) is 17.5. The van der Waals surface area contributed by atoms with Crippen LogP contribution in [0.4, 0.5) is 19.0 Å². The van der Waals surface area contributed by atoms with Gasteiger partial charge in [-0.1, -0.05) is 34.1 Å². The Morgan fingerprint density at radius 1 is 1.23 bits per heavy atom. The van der Waals surface area contributed by atoms with E-state index in [1.54, 1.807) is 0 Å². The van der Waals surface area contributed by atoms with Crippen LogP contribution in [0.3, 0.4) is 0 Å². The second-order valence-corrected chi connectivity index (χ2v) is 7.37. The van der Waals surface area contributed by atoms with Gasteiger partial charge in [-0.2, -0.15) is 13.2 Å². The molecular weight excluding hydrogens is 409 g/mol. The molecule has 7 heteroatoms. The Morgan fingerprint density at radius 3 is 2.65 bits per heavy atom. The minimum absolute atomic E-state index is 0.170. The summed E-state index contributed by atoms with van der Waals surface area (Å²) in [6.45, 7) is 1.34. The second-order valence-electron chi connectivity index (χ2n) is 6.51. The number of nitrogens with zero attached hydrogens (tertiary/aromatic N) is 2. The van der Waals surface area contributed by atoms with E-state index in [0.717, 1.165) is 28.7 Å². The molecule has 0 aliphatic carbocycles. The van der Waals surface area contributed by atoms with Crippen LogP contribution in [0.15, 0.2) is 47.1 Å². The van der Waals surface area contributed by atoms with Gasteiger partial charge in [0, 0.05) is 36.6 Å². The molecule has 0 amide bonds. The average Bonchev–Trinajstić information content (AvgIpc) is 3.05. The topological polar surface area (TPSA) is 33.2 Å². The molecule has 3 nitrogen and oxygen atoms in total. The Bertz CT molecular complexity index is 777. The first-order valence-corrected chi connectivity index (χ1v) is 9.15. The summed E-state index contributed by atoms with van der Waals surface area (Å²) in [5, 5.41) is 0. The van der Waals surface area contributed by atoms with E-state index in [9.17, 15) is 18.0 Å². The Hall–Kier alpha value is -1.89. The molecule has 1 aromatic carbocycles. The number of carbonyl (C=O) groups is 1. The zero-order chi connectivity index (χ0) is 18.7. The highest BCUT2D eigenvalue weighted by Gasteiger charge is 2.31. The summed E-state index contributed by atoms with van der Waals surface area (Å²) in [4.78, 5) is 18.2. The van der Waals surface area contributed by atoms with Crippen molar-refractivity contribution in [1.29, 1.82) is 0 Å². The van der Waals surface area contributed by atoms with Crippen molar-refractivity contribution in [3.05, 3.63) is 58.2 Å². The number of ketones is 1. The highest BCUT2D eigenvalue weighted by Crippen LogP contribution is 2.31. The number of halogens is 4. The van der Waals surface area contributed by atoms with Gasteiger partial charge < -0.3 is 4.90 Å². The van der Waals surface area contributed by atoms with Crippen LogP contribution in [-0.4, -0.2) is 23.9 Å². The number of carbonyl (C=O) groups excluding carboxylic acids is 1. The standard InChI is InChI=1S/C19H18BrF3N2O/c20-17-4-2-1-3-14(17)10-16(26)9-13-7-8-25(12-13)18-6-5-15(11-24-18)19(21,22)23/h1-6,11,13H,7-10,12H2/t13-/m0/s1. The summed E-state index contributed by atoms with van der Waals surface area (Å²) < 4.78 is 38.8. The lowest BCUT2D eigenvalue weighted by molar-refractivity contribution is -0.137. The molecule has 0 N–H and O–H groups in total. The third-order valence-electron chi connectivity index (χ3n) is 4.55. The largest absolute Gasteiger partial charge is 0.417 e. The van der Waals surface area contributed by atoms with Crippen LogP contribution < -0.4 is 4.90 Å². The van der Waals surface area contributed by atoms with Gasteiger partial charge in [-0.25, -0.2) is 4.98 Å². The Balaban J connectivity index is 1.55. The fourth-order valence-electron chi connectivity index (χ4n) is 3.20. The van der Waals surface area contributed by atoms with E-state index in [2.05, 4.69) is 20.9 Å². The zero-order valence-corrected chi connectivity index (χ0v) is 15.6. The number of hydrogen-bond acceptors (Lipinski definition) is 3. The molecular formula is C19H18BrF3N2O. The van der Waals surface area contributed by atoms with Gasteiger partial charge in [-0.15, -0.1) is 0 Å². The Labute approximate surface area is 158 Å². The van der Waals surface area contributed by atoms with Crippen molar-refractivity contribution >= 4 is 27.5 Å². The fraction of sp³-hybridized carbons (Fsp3) is 0.368. The van der Waals surface area contributed by atoms with Crippen molar-refractivity contribution in [3.8, 4) is 0 Å². The minimum atomic E-state index is -4.38. The molecule has 2 heterocycles. The molecule has 0 saturated carbocycles. The number of pyridine rings is 1. The smallest absolute Gasteiger partial charge is 0.356 e. The molecule has 3 rings (SSSR count). The highest BCUT2D eigenvalue weighted by atomic mass is 79.9. The van der Waals surface area contributed by atoms with Gasteiger partial charge in [-0.3, -0.25) is 4.79 Å². The SMILES string of the molecule is O=C(Cc1ccccc1Br)C[C@@H]1CCN(c2ccc(C(F)(F)F)cn2)C1. The summed E-state index contributed by atoms with van der Waals surface area (Å²) in [6, 6.07) is 10.1. The number of benzene rings is 1. The van der Waals surface area contributed by atoms with Crippen LogP contribution in [0.5, 0.6) is 0 Å². The van der Waals surface area contributed by atoms with Gasteiger partial charge in [0.15, 0.2) is 0 Å². The fourth-order valence-corrected chi connectivity index (χ4v) is 3.62. The lowest BCUT2D eigenvalue weighted by Gasteiger charge is -2.18.